The Kier molecular flexibility index (Phi) is 4.04. The SMILES string of the molecule is CC(O)(Cn1c2c(c3cc(Cl)ccc31)C1CCCN1CC2)c1cccnc1. The maximum Gasteiger partial charge on any atom is 0.106 e. The summed E-state index contributed by atoms with van der Waals surface area (Å²) < 4.78 is 2.32. The van der Waals surface area contributed by atoms with Crippen molar-refractivity contribution in [1.82, 2.24) is 14.5 Å². The maximum atomic E-state index is 11.3. The Morgan fingerprint density at radius 2 is 2.19 bits per heavy atom. The molecule has 1 N–H and O–H groups in total. The summed E-state index contributed by atoms with van der Waals surface area (Å²) in [5, 5.41) is 13.3. The highest BCUT2D eigenvalue weighted by atomic mass is 35.5. The topological polar surface area (TPSA) is 41.3 Å². The first-order valence-corrected chi connectivity index (χ1v) is 10.1. The smallest absolute Gasteiger partial charge is 0.106 e. The number of pyridine rings is 1. The fourth-order valence-corrected chi connectivity index (χ4v) is 5.15. The van der Waals surface area contributed by atoms with E-state index < -0.39 is 5.60 Å². The zero-order chi connectivity index (χ0) is 18.6. The highest BCUT2D eigenvalue weighted by Crippen LogP contribution is 2.44. The Balaban J connectivity index is 1.67. The molecule has 140 valence electrons. The Bertz CT molecular complexity index is 996. The van der Waals surface area contributed by atoms with E-state index in [1.54, 1.807) is 12.4 Å². The molecule has 1 fully saturated rings. The first-order chi connectivity index (χ1) is 13.0. The lowest BCUT2D eigenvalue weighted by Crippen LogP contribution is -2.33. The van der Waals surface area contributed by atoms with Crippen LogP contribution in [0.3, 0.4) is 0 Å². The average molecular weight is 382 g/mol. The molecule has 4 heterocycles. The number of rotatable bonds is 3. The number of nitrogens with zero attached hydrogens (tertiary/aromatic N) is 3. The molecule has 3 aromatic rings. The van der Waals surface area contributed by atoms with Gasteiger partial charge in [-0.25, -0.2) is 0 Å². The quantitative estimate of drug-likeness (QED) is 0.735. The van der Waals surface area contributed by atoms with Crippen molar-refractivity contribution in [2.45, 2.75) is 44.4 Å². The van der Waals surface area contributed by atoms with Gasteiger partial charge >= 0.3 is 0 Å². The summed E-state index contributed by atoms with van der Waals surface area (Å²) in [6, 6.07) is 10.5. The zero-order valence-corrected chi connectivity index (χ0v) is 16.3. The van der Waals surface area contributed by atoms with E-state index in [2.05, 4.69) is 26.6 Å². The fraction of sp³-hybridized carbons (Fsp3) is 0.409. The Hall–Kier alpha value is -1.88. The molecule has 27 heavy (non-hydrogen) atoms. The molecule has 0 saturated carbocycles. The highest BCUT2D eigenvalue weighted by molar-refractivity contribution is 6.31. The van der Waals surface area contributed by atoms with Gasteiger partial charge in [-0.2, -0.15) is 0 Å². The van der Waals surface area contributed by atoms with Crippen molar-refractivity contribution in [3.05, 3.63) is 64.6 Å². The maximum absolute atomic E-state index is 11.3. The molecule has 1 saturated heterocycles. The molecule has 0 bridgehead atoms. The van der Waals surface area contributed by atoms with Crippen LogP contribution >= 0.6 is 11.6 Å². The number of halogens is 1. The van der Waals surface area contributed by atoms with Crippen LogP contribution in [-0.4, -0.2) is 32.6 Å². The van der Waals surface area contributed by atoms with Gasteiger partial charge in [0, 0.05) is 58.6 Å². The van der Waals surface area contributed by atoms with Crippen LogP contribution < -0.4 is 0 Å². The summed E-state index contributed by atoms with van der Waals surface area (Å²) in [6.45, 7) is 4.67. The molecule has 4 nitrogen and oxygen atoms in total. The number of hydrogen-bond donors (Lipinski definition) is 1. The summed E-state index contributed by atoms with van der Waals surface area (Å²) in [5.74, 6) is 0. The molecule has 5 heteroatoms. The molecule has 1 aromatic carbocycles. The van der Waals surface area contributed by atoms with E-state index in [1.807, 2.05) is 25.1 Å². The van der Waals surface area contributed by atoms with E-state index in [0.29, 0.717) is 12.6 Å². The second kappa shape index (κ2) is 6.33. The van der Waals surface area contributed by atoms with Crippen molar-refractivity contribution in [3.63, 3.8) is 0 Å². The van der Waals surface area contributed by atoms with Gasteiger partial charge in [0.05, 0.1) is 6.54 Å². The number of aromatic nitrogens is 2. The van der Waals surface area contributed by atoms with Gasteiger partial charge in [-0.1, -0.05) is 17.7 Å². The van der Waals surface area contributed by atoms with E-state index in [1.165, 1.54) is 41.5 Å². The van der Waals surface area contributed by atoms with Gasteiger partial charge in [0.25, 0.3) is 0 Å². The van der Waals surface area contributed by atoms with Crippen LogP contribution in [0.2, 0.25) is 5.02 Å². The van der Waals surface area contributed by atoms with Gasteiger partial charge in [0.2, 0.25) is 0 Å². The standard InChI is InChI=1S/C22H24ClN3O/c1-22(27,15-4-2-9-24-13-15)14-26-18-7-6-16(23)12-17(18)21-19-5-3-10-25(19)11-8-20(21)26/h2,4,6-7,9,12-13,19,27H,3,5,8,10-11,14H2,1H3. The molecule has 0 radical (unpaired) electrons. The normalized spacial score (nSPS) is 21.8. The number of fused-ring (bicyclic) bond motifs is 5. The average Bonchev–Trinajstić information content (AvgIpc) is 3.25. The minimum atomic E-state index is -0.986. The predicted octanol–water partition coefficient (Wildman–Crippen LogP) is 4.29. The van der Waals surface area contributed by atoms with Gasteiger partial charge in [-0.15, -0.1) is 0 Å². The molecule has 0 aliphatic carbocycles. The van der Waals surface area contributed by atoms with Crippen molar-refractivity contribution in [2.24, 2.45) is 0 Å². The first-order valence-electron chi connectivity index (χ1n) is 9.72. The van der Waals surface area contributed by atoms with E-state index in [0.717, 1.165) is 23.6 Å². The molecule has 2 aliphatic rings. The Morgan fingerprint density at radius 3 is 3.00 bits per heavy atom. The molecular weight excluding hydrogens is 358 g/mol. The number of aliphatic hydroxyl groups is 1. The third-order valence-corrected chi connectivity index (χ3v) is 6.49. The van der Waals surface area contributed by atoms with E-state index in [4.69, 9.17) is 11.6 Å². The van der Waals surface area contributed by atoms with Crippen molar-refractivity contribution < 1.29 is 5.11 Å². The molecule has 0 amide bonds. The summed E-state index contributed by atoms with van der Waals surface area (Å²) >= 11 is 6.36. The fourth-order valence-electron chi connectivity index (χ4n) is 4.98. The van der Waals surface area contributed by atoms with Gasteiger partial charge in [-0.3, -0.25) is 9.88 Å². The van der Waals surface area contributed by atoms with Crippen LogP contribution in [0.1, 0.15) is 42.6 Å². The van der Waals surface area contributed by atoms with Crippen LogP contribution in [0.5, 0.6) is 0 Å². The Labute approximate surface area is 164 Å². The molecule has 0 spiro atoms. The van der Waals surface area contributed by atoms with Crippen LogP contribution in [0.15, 0.2) is 42.7 Å². The summed E-state index contributed by atoms with van der Waals surface area (Å²) in [7, 11) is 0. The largest absolute Gasteiger partial charge is 0.384 e. The van der Waals surface area contributed by atoms with Crippen molar-refractivity contribution >= 4 is 22.5 Å². The lowest BCUT2D eigenvalue weighted by molar-refractivity contribution is 0.0380. The second-order valence-electron chi connectivity index (χ2n) is 8.07. The molecule has 5 rings (SSSR count). The van der Waals surface area contributed by atoms with Gasteiger partial charge in [0.15, 0.2) is 0 Å². The minimum absolute atomic E-state index is 0.485. The van der Waals surface area contributed by atoms with Crippen LogP contribution in [-0.2, 0) is 18.6 Å². The minimum Gasteiger partial charge on any atom is -0.384 e. The van der Waals surface area contributed by atoms with Crippen LogP contribution in [0, 0.1) is 0 Å². The van der Waals surface area contributed by atoms with Crippen molar-refractivity contribution in [3.8, 4) is 0 Å². The molecule has 2 aliphatic heterocycles. The summed E-state index contributed by atoms with van der Waals surface area (Å²) in [6.07, 6.45) is 6.97. The summed E-state index contributed by atoms with van der Waals surface area (Å²) in [4.78, 5) is 6.80. The van der Waals surface area contributed by atoms with Gasteiger partial charge < -0.3 is 9.67 Å². The lowest BCUT2D eigenvalue weighted by atomic mass is 9.95. The van der Waals surface area contributed by atoms with Crippen LogP contribution in [0.4, 0.5) is 0 Å². The first kappa shape index (κ1) is 17.2. The molecular formula is C22H24ClN3O. The summed E-state index contributed by atoms with van der Waals surface area (Å²) in [5.41, 5.74) is 3.81. The zero-order valence-electron chi connectivity index (χ0n) is 15.5. The van der Waals surface area contributed by atoms with Gasteiger partial charge in [0.1, 0.15) is 5.60 Å². The lowest BCUT2D eigenvalue weighted by Gasteiger charge is -2.32. The third-order valence-electron chi connectivity index (χ3n) is 6.26. The van der Waals surface area contributed by atoms with Gasteiger partial charge in [-0.05, 0) is 56.1 Å². The third kappa shape index (κ3) is 2.78. The monoisotopic (exact) mass is 381 g/mol. The van der Waals surface area contributed by atoms with Crippen molar-refractivity contribution in [2.75, 3.05) is 13.1 Å². The highest BCUT2D eigenvalue weighted by Gasteiger charge is 2.36. The van der Waals surface area contributed by atoms with Crippen molar-refractivity contribution in [1.29, 1.82) is 0 Å². The molecule has 2 atom stereocenters. The number of benzene rings is 1. The second-order valence-corrected chi connectivity index (χ2v) is 8.50. The number of hydrogen-bond acceptors (Lipinski definition) is 3. The van der Waals surface area contributed by atoms with Crippen LogP contribution in [0.25, 0.3) is 10.9 Å². The van der Waals surface area contributed by atoms with E-state index in [9.17, 15) is 5.11 Å². The predicted molar refractivity (Wildman–Crippen MR) is 108 cm³/mol. The van der Waals surface area contributed by atoms with E-state index >= 15 is 0 Å². The molecule has 2 unspecified atom stereocenters. The molecule has 2 aromatic heterocycles. The van der Waals surface area contributed by atoms with E-state index in [-0.39, 0.29) is 0 Å². The Morgan fingerprint density at radius 1 is 1.30 bits per heavy atom.